The second kappa shape index (κ2) is 7.70. The number of aliphatic hydroxyl groups excluding tert-OH is 1. The maximum Gasteiger partial charge on any atom is 0.244 e. The molecule has 0 spiro atoms. The molecule has 2 rings (SSSR count). The highest BCUT2D eigenvalue weighted by Crippen LogP contribution is 2.27. The lowest BCUT2D eigenvalue weighted by molar-refractivity contribution is -0.138. The summed E-state index contributed by atoms with van der Waals surface area (Å²) < 4.78 is 14.1. The number of piperidine rings is 1. The van der Waals surface area contributed by atoms with E-state index in [0.29, 0.717) is 24.6 Å². The topological polar surface area (TPSA) is 43.8 Å². The van der Waals surface area contributed by atoms with E-state index in [-0.39, 0.29) is 18.3 Å². The lowest BCUT2D eigenvalue weighted by Gasteiger charge is -2.36. The summed E-state index contributed by atoms with van der Waals surface area (Å²) in [6, 6.07) is 5.88. The summed E-state index contributed by atoms with van der Waals surface area (Å²) in [6.07, 6.45) is 2.61. The minimum atomic E-state index is -0.587. The fourth-order valence-electron chi connectivity index (χ4n) is 3.13. The third kappa shape index (κ3) is 3.84. The molecule has 5 heteroatoms. The van der Waals surface area contributed by atoms with Crippen LogP contribution in [0.2, 0.25) is 0 Å². The third-order valence-corrected chi connectivity index (χ3v) is 4.41. The van der Waals surface area contributed by atoms with Crippen molar-refractivity contribution < 1.29 is 14.3 Å². The van der Waals surface area contributed by atoms with Crippen molar-refractivity contribution in [3.8, 4) is 0 Å². The lowest BCUT2D eigenvalue weighted by atomic mass is 9.93. The van der Waals surface area contributed by atoms with Gasteiger partial charge in [-0.1, -0.05) is 18.2 Å². The van der Waals surface area contributed by atoms with Gasteiger partial charge in [0.2, 0.25) is 5.91 Å². The van der Waals surface area contributed by atoms with Gasteiger partial charge in [-0.2, -0.15) is 0 Å². The molecule has 0 bridgehead atoms. The van der Waals surface area contributed by atoms with E-state index in [0.717, 1.165) is 19.3 Å². The fraction of sp³-hybridized carbons (Fsp3) is 0.588. The van der Waals surface area contributed by atoms with Gasteiger partial charge in [0.15, 0.2) is 0 Å². The van der Waals surface area contributed by atoms with Gasteiger partial charge in [-0.3, -0.25) is 9.69 Å². The number of carbonyl (C=O) groups excluding carboxylic acids is 1. The predicted octanol–water partition coefficient (Wildman–Crippen LogP) is 2.05. The average Bonchev–Trinajstić information content (AvgIpc) is 2.50. The lowest BCUT2D eigenvalue weighted by Crippen LogP contribution is -2.44. The Labute approximate surface area is 131 Å². The van der Waals surface area contributed by atoms with Crippen LogP contribution in [-0.4, -0.2) is 54.6 Å². The van der Waals surface area contributed by atoms with Crippen LogP contribution in [0.5, 0.6) is 0 Å². The highest BCUT2D eigenvalue weighted by molar-refractivity contribution is 5.83. The standard InChI is InChI=1S/C17H25FN2O2/c1-19(2)16(14-5-3-4-6-15(14)18)17(22)20-10-7-13(8-11-20)9-12-21/h3-6,13,16,21H,7-12H2,1-2H3/t16-/m1/s1. The van der Waals surface area contributed by atoms with Gasteiger partial charge >= 0.3 is 0 Å². The molecule has 0 radical (unpaired) electrons. The minimum Gasteiger partial charge on any atom is -0.396 e. The summed E-state index contributed by atoms with van der Waals surface area (Å²) in [5.74, 6) is 0.0996. The van der Waals surface area contributed by atoms with Crippen molar-refractivity contribution in [2.24, 2.45) is 5.92 Å². The van der Waals surface area contributed by atoms with Gasteiger partial charge in [0.1, 0.15) is 11.9 Å². The van der Waals surface area contributed by atoms with Crippen LogP contribution in [0.25, 0.3) is 0 Å². The quantitative estimate of drug-likeness (QED) is 0.905. The number of hydrogen-bond donors (Lipinski definition) is 1. The van der Waals surface area contributed by atoms with E-state index in [1.807, 2.05) is 4.90 Å². The van der Waals surface area contributed by atoms with Crippen LogP contribution < -0.4 is 0 Å². The van der Waals surface area contributed by atoms with Gasteiger partial charge < -0.3 is 10.0 Å². The van der Waals surface area contributed by atoms with Crippen molar-refractivity contribution in [3.63, 3.8) is 0 Å². The predicted molar refractivity (Wildman–Crippen MR) is 83.8 cm³/mol. The molecule has 1 aliphatic rings. The number of aliphatic hydroxyl groups is 1. The Morgan fingerprint density at radius 1 is 1.36 bits per heavy atom. The molecule has 0 aliphatic carbocycles. The average molecular weight is 308 g/mol. The van der Waals surface area contributed by atoms with Crippen LogP contribution in [0.15, 0.2) is 24.3 Å². The van der Waals surface area contributed by atoms with Gasteiger partial charge in [0.05, 0.1) is 0 Å². The molecule has 1 N–H and O–H groups in total. The summed E-state index contributed by atoms with van der Waals surface area (Å²) in [5, 5.41) is 9.00. The number of nitrogens with zero attached hydrogens (tertiary/aromatic N) is 2. The van der Waals surface area contributed by atoms with E-state index in [1.54, 1.807) is 37.2 Å². The van der Waals surface area contributed by atoms with Gasteiger partial charge in [-0.15, -0.1) is 0 Å². The van der Waals surface area contributed by atoms with Crippen molar-refractivity contribution in [1.82, 2.24) is 9.80 Å². The summed E-state index contributed by atoms with van der Waals surface area (Å²) in [7, 11) is 3.60. The van der Waals surface area contributed by atoms with Gasteiger partial charge in [0.25, 0.3) is 0 Å². The van der Waals surface area contributed by atoms with Crippen molar-refractivity contribution in [2.75, 3.05) is 33.8 Å². The number of carbonyl (C=O) groups is 1. The molecule has 1 atom stereocenters. The number of likely N-dealkylation sites (N-methyl/N-ethyl adjacent to an activating group) is 1. The van der Waals surface area contributed by atoms with E-state index in [2.05, 4.69) is 0 Å². The van der Waals surface area contributed by atoms with Crippen molar-refractivity contribution in [3.05, 3.63) is 35.6 Å². The molecule has 0 aromatic heterocycles. The van der Waals surface area contributed by atoms with E-state index >= 15 is 0 Å². The molecular weight excluding hydrogens is 283 g/mol. The van der Waals surface area contributed by atoms with E-state index < -0.39 is 6.04 Å². The zero-order chi connectivity index (χ0) is 16.1. The number of halogens is 1. The van der Waals surface area contributed by atoms with Crippen molar-refractivity contribution in [2.45, 2.75) is 25.3 Å². The van der Waals surface area contributed by atoms with Crippen LogP contribution in [0.1, 0.15) is 30.9 Å². The Bertz CT molecular complexity index is 499. The number of rotatable bonds is 5. The van der Waals surface area contributed by atoms with Crippen LogP contribution >= 0.6 is 0 Å². The maximum absolute atomic E-state index is 14.1. The third-order valence-electron chi connectivity index (χ3n) is 4.41. The van der Waals surface area contributed by atoms with Gasteiger partial charge in [-0.05, 0) is 45.3 Å². The summed E-state index contributed by atoms with van der Waals surface area (Å²) in [4.78, 5) is 16.4. The molecule has 1 aromatic carbocycles. The second-order valence-electron chi connectivity index (χ2n) is 6.17. The molecule has 22 heavy (non-hydrogen) atoms. The minimum absolute atomic E-state index is 0.0439. The first-order valence-electron chi connectivity index (χ1n) is 7.85. The molecule has 1 aliphatic heterocycles. The Balaban J connectivity index is 2.10. The molecular formula is C17H25FN2O2. The number of likely N-dealkylation sites (tertiary alicyclic amines) is 1. The van der Waals surface area contributed by atoms with Crippen LogP contribution in [0.3, 0.4) is 0 Å². The molecule has 1 heterocycles. The summed E-state index contributed by atoms with van der Waals surface area (Å²) in [6.45, 7) is 1.57. The van der Waals surface area contributed by atoms with Crippen LogP contribution in [-0.2, 0) is 4.79 Å². The van der Waals surface area contributed by atoms with E-state index in [9.17, 15) is 9.18 Å². The SMILES string of the molecule is CN(C)[C@@H](C(=O)N1CCC(CCO)CC1)c1ccccc1F. The Morgan fingerprint density at radius 2 is 2.00 bits per heavy atom. The van der Waals surface area contributed by atoms with E-state index in [4.69, 9.17) is 5.11 Å². The van der Waals surface area contributed by atoms with Crippen LogP contribution in [0, 0.1) is 11.7 Å². The van der Waals surface area contributed by atoms with Gasteiger partial charge in [0, 0.05) is 25.3 Å². The summed E-state index contributed by atoms with van der Waals surface area (Å²) in [5.41, 5.74) is 0.426. The van der Waals surface area contributed by atoms with Gasteiger partial charge in [-0.25, -0.2) is 4.39 Å². The zero-order valence-electron chi connectivity index (χ0n) is 13.3. The molecule has 1 fully saturated rings. The smallest absolute Gasteiger partial charge is 0.244 e. The number of benzene rings is 1. The Morgan fingerprint density at radius 3 is 2.55 bits per heavy atom. The molecule has 0 saturated carbocycles. The molecule has 0 unspecified atom stereocenters. The normalized spacial score (nSPS) is 17.8. The highest BCUT2D eigenvalue weighted by atomic mass is 19.1. The second-order valence-corrected chi connectivity index (χ2v) is 6.17. The molecule has 1 aromatic rings. The Hall–Kier alpha value is -1.46. The maximum atomic E-state index is 14.1. The molecule has 1 amide bonds. The first-order valence-corrected chi connectivity index (χ1v) is 7.85. The van der Waals surface area contributed by atoms with E-state index in [1.165, 1.54) is 6.07 Å². The largest absolute Gasteiger partial charge is 0.396 e. The fourth-order valence-corrected chi connectivity index (χ4v) is 3.13. The highest BCUT2D eigenvalue weighted by Gasteiger charge is 2.31. The monoisotopic (exact) mass is 308 g/mol. The zero-order valence-corrected chi connectivity index (χ0v) is 13.3. The van der Waals surface area contributed by atoms with Crippen molar-refractivity contribution in [1.29, 1.82) is 0 Å². The van der Waals surface area contributed by atoms with Crippen molar-refractivity contribution >= 4 is 5.91 Å². The van der Waals surface area contributed by atoms with Crippen LogP contribution in [0.4, 0.5) is 4.39 Å². The first-order chi connectivity index (χ1) is 10.5. The molecule has 1 saturated heterocycles. The molecule has 4 nitrogen and oxygen atoms in total. The summed E-state index contributed by atoms with van der Waals surface area (Å²) >= 11 is 0. The number of hydrogen-bond acceptors (Lipinski definition) is 3. The molecule has 122 valence electrons. The first kappa shape index (κ1) is 16.9. The Kier molecular flexibility index (Phi) is 5.91. The number of amides is 1.